The molecule has 1 aliphatic rings. The number of non-ortho nitro benzene ring substituents is 1. The van der Waals surface area contributed by atoms with Crippen molar-refractivity contribution in [3.05, 3.63) is 68.3 Å². The third-order valence-corrected chi connectivity index (χ3v) is 7.92. The van der Waals surface area contributed by atoms with Crippen LogP contribution in [0.15, 0.2) is 35.2 Å². The van der Waals surface area contributed by atoms with Crippen molar-refractivity contribution in [1.82, 2.24) is 9.21 Å². The van der Waals surface area contributed by atoms with Crippen LogP contribution in [0.4, 0.5) is 5.69 Å². The van der Waals surface area contributed by atoms with Crippen LogP contribution in [-0.2, 0) is 10.0 Å². The standard InChI is InChI=1S/C21H25N3O5S/c1-14-13-15(2)17(4)20(16(14)3)30(28,29)23-11-9-22(10-12-23)21(25)18-5-7-19(8-6-18)24(26)27/h5-8,13H,9-12H2,1-4H3. The highest BCUT2D eigenvalue weighted by Crippen LogP contribution is 2.29. The van der Waals surface area contributed by atoms with Gasteiger partial charge in [-0.25, -0.2) is 8.42 Å². The molecular weight excluding hydrogens is 406 g/mol. The van der Waals surface area contributed by atoms with E-state index in [4.69, 9.17) is 0 Å². The van der Waals surface area contributed by atoms with Gasteiger partial charge in [0, 0.05) is 43.9 Å². The zero-order valence-electron chi connectivity index (χ0n) is 17.5. The highest BCUT2D eigenvalue weighted by atomic mass is 32.2. The summed E-state index contributed by atoms with van der Waals surface area (Å²) in [6.07, 6.45) is 0. The number of carbonyl (C=O) groups excluding carboxylic acids is 1. The largest absolute Gasteiger partial charge is 0.336 e. The van der Waals surface area contributed by atoms with Crippen LogP contribution in [0.1, 0.15) is 32.6 Å². The lowest BCUT2D eigenvalue weighted by Crippen LogP contribution is -2.50. The van der Waals surface area contributed by atoms with Gasteiger partial charge in [0.15, 0.2) is 0 Å². The summed E-state index contributed by atoms with van der Waals surface area (Å²) in [5.74, 6) is -0.263. The smallest absolute Gasteiger partial charge is 0.269 e. The predicted molar refractivity (Wildman–Crippen MR) is 113 cm³/mol. The van der Waals surface area contributed by atoms with Crippen LogP contribution in [0.25, 0.3) is 0 Å². The number of aryl methyl sites for hydroxylation is 2. The number of piperazine rings is 1. The Morgan fingerprint density at radius 2 is 1.43 bits per heavy atom. The van der Waals surface area contributed by atoms with Crippen LogP contribution in [-0.4, -0.2) is 54.6 Å². The molecule has 0 saturated carbocycles. The zero-order valence-corrected chi connectivity index (χ0v) is 18.3. The Balaban J connectivity index is 1.77. The van der Waals surface area contributed by atoms with Gasteiger partial charge in [-0.05, 0) is 62.1 Å². The predicted octanol–water partition coefficient (Wildman–Crippen LogP) is 2.98. The van der Waals surface area contributed by atoms with Crippen LogP contribution >= 0.6 is 0 Å². The Morgan fingerprint density at radius 1 is 0.933 bits per heavy atom. The van der Waals surface area contributed by atoms with Gasteiger partial charge in [-0.1, -0.05) is 6.07 Å². The normalized spacial score (nSPS) is 15.3. The third kappa shape index (κ3) is 3.95. The summed E-state index contributed by atoms with van der Waals surface area (Å²) in [6.45, 7) is 8.38. The Labute approximate surface area is 176 Å². The lowest BCUT2D eigenvalue weighted by molar-refractivity contribution is -0.384. The average molecular weight is 432 g/mol. The summed E-state index contributed by atoms with van der Waals surface area (Å²) in [5, 5.41) is 10.8. The van der Waals surface area contributed by atoms with E-state index < -0.39 is 14.9 Å². The average Bonchev–Trinajstić information content (AvgIpc) is 2.72. The molecule has 1 fully saturated rings. The van der Waals surface area contributed by atoms with Gasteiger partial charge in [0.25, 0.3) is 11.6 Å². The quantitative estimate of drug-likeness (QED) is 0.547. The number of amides is 1. The van der Waals surface area contributed by atoms with E-state index in [9.17, 15) is 23.3 Å². The molecular formula is C21H25N3O5S. The van der Waals surface area contributed by atoms with E-state index in [1.54, 1.807) is 4.90 Å². The maximum atomic E-state index is 13.3. The number of nitrogens with zero attached hydrogens (tertiary/aromatic N) is 3. The van der Waals surface area contributed by atoms with Crippen molar-refractivity contribution in [1.29, 1.82) is 0 Å². The first-order valence-electron chi connectivity index (χ1n) is 9.65. The number of rotatable bonds is 4. The fourth-order valence-electron chi connectivity index (χ4n) is 3.74. The molecule has 1 saturated heterocycles. The van der Waals surface area contributed by atoms with E-state index in [0.29, 0.717) is 10.5 Å². The first kappa shape index (κ1) is 21.9. The summed E-state index contributed by atoms with van der Waals surface area (Å²) in [5.41, 5.74) is 3.64. The molecule has 2 aromatic carbocycles. The molecule has 3 rings (SSSR count). The SMILES string of the molecule is Cc1cc(C)c(C)c(S(=O)(=O)N2CCN(C(=O)c3ccc([N+](=O)[O-])cc3)CC2)c1C. The van der Waals surface area contributed by atoms with E-state index in [2.05, 4.69) is 0 Å². The molecule has 9 heteroatoms. The molecule has 30 heavy (non-hydrogen) atoms. The number of nitro groups is 1. The van der Waals surface area contributed by atoms with Gasteiger partial charge in [-0.15, -0.1) is 0 Å². The molecule has 0 unspecified atom stereocenters. The van der Waals surface area contributed by atoms with Gasteiger partial charge >= 0.3 is 0 Å². The number of nitro benzene ring substituents is 1. The Kier molecular flexibility index (Phi) is 5.96. The van der Waals surface area contributed by atoms with Crippen LogP contribution in [0.3, 0.4) is 0 Å². The first-order valence-corrected chi connectivity index (χ1v) is 11.1. The fraction of sp³-hybridized carbons (Fsp3) is 0.381. The minimum atomic E-state index is -3.68. The summed E-state index contributed by atoms with van der Waals surface area (Å²) in [4.78, 5) is 24.9. The minimum absolute atomic E-state index is 0.0818. The highest BCUT2D eigenvalue weighted by Gasteiger charge is 2.33. The van der Waals surface area contributed by atoms with E-state index in [1.807, 2.05) is 33.8 Å². The fourth-order valence-corrected chi connectivity index (χ4v) is 5.73. The van der Waals surface area contributed by atoms with Crippen molar-refractivity contribution in [3.63, 3.8) is 0 Å². The van der Waals surface area contributed by atoms with Crippen molar-refractivity contribution in [3.8, 4) is 0 Å². The molecule has 1 heterocycles. The number of hydrogen-bond donors (Lipinski definition) is 0. The maximum absolute atomic E-state index is 13.3. The lowest BCUT2D eigenvalue weighted by Gasteiger charge is -2.34. The topological polar surface area (TPSA) is 101 Å². The van der Waals surface area contributed by atoms with Crippen LogP contribution in [0.2, 0.25) is 0 Å². The van der Waals surface area contributed by atoms with Crippen molar-refractivity contribution < 1.29 is 18.1 Å². The number of carbonyl (C=O) groups is 1. The summed E-state index contributed by atoms with van der Waals surface area (Å²) >= 11 is 0. The van der Waals surface area contributed by atoms with Crippen molar-refractivity contribution in [2.24, 2.45) is 0 Å². The van der Waals surface area contributed by atoms with Gasteiger partial charge in [0.2, 0.25) is 10.0 Å². The minimum Gasteiger partial charge on any atom is -0.336 e. The van der Waals surface area contributed by atoms with E-state index in [0.717, 1.165) is 22.3 Å². The highest BCUT2D eigenvalue weighted by molar-refractivity contribution is 7.89. The second-order valence-corrected chi connectivity index (χ2v) is 9.46. The summed E-state index contributed by atoms with van der Waals surface area (Å²) < 4.78 is 28.1. The molecule has 0 atom stereocenters. The molecule has 0 radical (unpaired) electrons. The van der Waals surface area contributed by atoms with Gasteiger partial charge in [0.1, 0.15) is 0 Å². The Bertz CT molecular complexity index is 1080. The number of benzene rings is 2. The van der Waals surface area contributed by atoms with Crippen molar-refractivity contribution in [2.75, 3.05) is 26.2 Å². The van der Waals surface area contributed by atoms with Crippen LogP contribution < -0.4 is 0 Å². The maximum Gasteiger partial charge on any atom is 0.269 e. The molecule has 8 nitrogen and oxygen atoms in total. The monoisotopic (exact) mass is 431 g/mol. The van der Waals surface area contributed by atoms with Crippen LogP contribution in [0.5, 0.6) is 0 Å². The van der Waals surface area contributed by atoms with E-state index in [1.165, 1.54) is 28.6 Å². The molecule has 0 aliphatic carbocycles. The molecule has 160 valence electrons. The molecule has 0 aromatic heterocycles. The zero-order chi connectivity index (χ0) is 22.2. The lowest BCUT2D eigenvalue weighted by atomic mass is 10.0. The van der Waals surface area contributed by atoms with Gasteiger partial charge < -0.3 is 4.90 Å². The number of hydrogen-bond acceptors (Lipinski definition) is 5. The third-order valence-electron chi connectivity index (χ3n) is 5.75. The van der Waals surface area contributed by atoms with Crippen molar-refractivity contribution >= 4 is 21.6 Å². The van der Waals surface area contributed by atoms with Gasteiger partial charge in [-0.3, -0.25) is 14.9 Å². The summed E-state index contributed by atoms with van der Waals surface area (Å²) in [7, 11) is -3.68. The molecule has 0 spiro atoms. The van der Waals surface area contributed by atoms with Gasteiger partial charge in [0.05, 0.1) is 9.82 Å². The van der Waals surface area contributed by atoms with E-state index in [-0.39, 0.29) is 37.8 Å². The number of sulfonamides is 1. The molecule has 2 aromatic rings. The molecule has 1 amide bonds. The second-order valence-electron chi connectivity index (χ2n) is 7.59. The molecule has 1 aliphatic heterocycles. The first-order chi connectivity index (χ1) is 14.0. The Hall–Kier alpha value is -2.78. The Morgan fingerprint density at radius 3 is 1.90 bits per heavy atom. The van der Waals surface area contributed by atoms with E-state index >= 15 is 0 Å². The molecule has 0 bridgehead atoms. The second kappa shape index (κ2) is 8.16. The molecule has 0 N–H and O–H groups in total. The van der Waals surface area contributed by atoms with Gasteiger partial charge in [-0.2, -0.15) is 4.31 Å². The summed E-state index contributed by atoms with van der Waals surface area (Å²) in [6, 6.07) is 7.42. The van der Waals surface area contributed by atoms with Crippen LogP contribution in [0, 0.1) is 37.8 Å². The van der Waals surface area contributed by atoms with Crippen molar-refractivity contribution in [2.45, 2.75) is 32.6 Å².